The van der Waals surface area contributed by atoms with E-state index < -0.39 is 0 Å². The molecule has 636 valence electrons. The Balaban J connectivity index is 0.0000000746. The van der Waals surface area contributed by atoms with Gasteiger partial charge in [0, 0.05) is 211 Å². The predicted octanol–water partition coefficient (Wildman–Crippen LogP) is 21.7. The van der Waals surface area contributed by atoms with Crippen molar-refractivity contribution in [3.8, 4) is 0 Å². The molecule has 12 nitrogen and oxygen atoms in total. The molecule has 0 unspecified atom stereocenters. The molecule has 36 rings (SSSR count). The largest absolute Gasteiger partial charge is 0.295 e. The van der Waals surface area contributed by atoms with Gasteiger partial charge >= 0.3 is 0 Å². The molecule has 0 amide bonds. The Hall–Kier alpha value is -14.1. The van der Waals surface area contributed by atoms with Crippen LogP contribution in [-0.4, -0.2) is 27.4 Å². The monoisotopic (exact) mass is 1710 g/mol. The van der Waals surface area contributed by atoms with Crippen LogP contribution in [0.15, 0.2) is 182 Å². The van der Waals surface area contributed by atoms with E-state index in [1.807, 2.05) is 0 Å². The zero-order valence-electron chi connectivity index (χ0n) is 77.4. The summed E-state index contributed by atoms with van der Waals surface area (Å²) in [7, 11) is 0. The minimum atomic E-state index is 1.03. The van der Waals surface area contributed by atoms with Crippen LogP contribution in [0.4, 0.5) is 0 Å². The highest BCUT2D eigenvalue weighted by molar-refractivity contribution is 6.19. The highest BCUT2D eigenvalue weighted by atomic mass is 15.2. The first-order chi connectivity index (χ1) is 64.5. The van der Waals surface area contributed by atoms with Crippen LogP contribution in [0, 0.1) is 83.1 Å². The summed E-state index contributed by atoms with van der Waals surface area (Å²) in [6.45, 7) is 33.5. The van der Waals surface area contributed by atoms with Crippen LogP contribution in [0.3, 0.4) is 0 Å². The van der Waals surface area contributed by atoms with Crippen LogP contribution >= 0.6 is 0 Å². The van der Waals surface area contributed by atoms with Gasteiger partial charge in [-0.15, -0.1) is 0 Å². The number of rotatable bonds is 0. The lowest BCUT2D eigenvalue weighted by Gasteiger charge is -2.15. The maximum atomic E-state index is 2.58. The molecule has 12 heteroatoms. The molecular weight excluding hydrogens is 1610 g/mol. The van der Waals surface area contributed by atoms with Gasteiger partial charge in [-0.2, -0.15) is 26.4 Å². The average molecular weight is 1710 g/mol. The zero-order chi connectivity index (χ0) is 87.5. The van der Waals surface area contributed by atoms with Crippen LogP contribution in [0.25, 0.3) is 164 Å². The van der Waals surface area contributed by atoms with Crippen LogP contribution in [0.2, 0.25) is 0 Å². The van der Waals surface area contributed by atoms with Crippen LogP contribution in [0.5, 0.6) is 0 Å². The Labute approximate surface area is 762 Å². The van der Waals surface area contributed by atoms with Crippen molar-refractivity contribution in [2.24, 2.45) is 0 Å². The Morgan fingerprint density at radius 2 is 0.492 bits per heavy atom. The third kappa shape index (κ3) is 8.85. The first-order valence-electron chi connectivity index (χ1n) is 48.9. The van der Waals surface area contributed by atoms with Crippen molar-refractivity contribution < 1.29 is 26.4 Å². The molecular formula is C120H102N12+6. The van der Waals surface area contributed by atoms with Gasteiger partial charge < -0.3 is 0 Å². The molecule has 12 aromatic carbocycles. The smallest absolute Gasteiger partial charge is 0.222 e. The summed E-state index contributed by atoms with van der Waals surface area (Å²) in [4.78, 5) is 0. The Morgan fingerprint density at radius 1 is 0.182 bits per heavy atom. The number of imidazole rings is 6. The SMILES string of the molecule is Cc1cc2c3c(c1)c1cccc4c1[n+]1c(c(C)n(c31)C2)CC4.Cc1cc2c3c(c1)c1cccc4c1c1n(c(C)c([n+]31)CC2)C4.Cc1ccc2c3c1c1cccc4c1[n+]1c(c(C)n(c31)C2)CC4.Cc1ccc2c3c1c1cccc4c1c1n(c(C)c([n+]31)CC2)C4.Cc1ccc2c3cccc4c3[n+]3c(c(C)n5c3c2c1C5)CC4.Cc1ccc2c3cccc4c3c3n(c(C)c5[n+]3c2c1CC5)C4. The summed E-state index contributed by atoms with van der Waals surface area (Å²) in [5.41, 5.74) is 61.6. The van der Waals surface area contributed by atoms with Gasteiger partial charge in [-0.3, -0.25) is 0 Å². The van der Waals surface area contributed by atoms with Crippen molar-refractivity contribution in [1.82, 2.24) is 27.4 Å². The maximum absolute atomic E-state index is 2.58. The van der Waals surface area contributed by atoms with E-state index >= 15 is 0 Å². The maximum Gasteiger partial charge on any atom is 0.295 e. The molecule has 0 N–H and O–H groups in total. The lowest BCUT2D eigenvalue weighted by molar-refractivity contribution is -0.492. The van der Waals surface area contributed by atoms with E-state index in [0.29, 0.717) is 0 Å². The second-order valence-corrected chi connectivity index (χ2v) is 41.4. The first-order valence-corrected chi connectivity index (χ1v) is 48.9. The van der Waals surface area contributed by atoms with Crippen molar-refractivity contribution in [3.63, 3.8) is 0 Å². The van der Waals surface area contributed by atoms with Gasteiger partial charge in [0.2, 0.25) is 0 Å². The van der Waals surface area contributed by atoms with Gasteiger partial charge in [0.15, 0.2) is 34.2 Å². The van der Waals surface area contributed by atoms with E-state index in [-0.39, 0.29) is 0 Å². The van der Waals surface area contributed by atoms with Crippen molar-refractivity contribution in [2.45, 2.75) is 199 Å². The number of benzene rings is 12. The third-order valence-electron chi connectivity index (χ3n) is 35.0. The summed E-state index contributed by atoms with van der Waals surface area (Å²) in [5.74, 6) is 0. The normalized spacial score (nSPS) is 15.2. The molecule has 24 heterocycles. The van der Waals surface area contributed by atoms with E-state index in [0.717, 1.165) is 39.3 Å². The third-order valence-corrected chi connectivity index (χ3v) is 35.0. The topological polar surface area (TPSA) is 54.2 Å². The van der Waals surface area contributed by atoms with Gasteiger partial charge in [-0.1, -0.05) is 175 Å². The van der Waals surface area contributed by atoms with E-state index in [1.54, 1.807) is 5.56 Å². The van der Waals surface area contributed by atoms with Gasteiger partial charge in [0.25, 0.3) is 33.9 Å². The van der Waals surface area contributed by atoms with Crippen LogP contribution < -0.4 is 26.4 Å². The molecule has 0 spiro atoms. The number of nitrogens with zero attached hydrogens (tertiary/aromatic N) is 12. The lowest BCUT2D eigenvalue weighted by atomic mass is 9.92. The van der Waals surface area contributed by atoms with Crippen LogP contribution in [0.1, 0.15) is 168 Å². The molecule has 0 saturated heterocycles. The number of fused-ring (bicyclic) bond motifs is 6. The number of pyridine rings is 6. The average Bonchev–Trinajstić information content (AvgIpc) is 1.55. The van der Waals surface area contributed by atoms with E-state index in [1.165, 1.54) is 404 Å². The molecule has 0 bridgehead atoms. The Kier molecular flexibility index (Phi) is 14.0. The second kappa shape index (κ2) is 25.1. The molecule has 0 fully saturated rings. The van der Waals surface area contributed by atoms with Crippen molar-refractivity contribution >= 4 is 164 Å². The van der Waals surface area contributed by atoms with Crippen molar-refractivity contribution in [1.29, 1.82) is 0 Å². The van der Waals surface area contributed by atoms with E-state index in [9.17, 15) is 0 Å². The summed E-state index contributed by atoms with van der Waals surface area (Å²) >= 11 is 0. The first kappa shape index (κ1) is 73.7. The molecule has 0 saturated carbocycles. The highest BCUT2D eigenvalue weighted by Gasteiger charge is 2.45. The van der Waals surface area contributed by atoms with Crippen LogP contribution in [-0.2, 0) is 116 Å². The van der Waals surface area contributed by atoms with E-state index in [2.05, 4.69) is 319 Å². The summed E-state index contributed by atoms with van der Waals surface area (Å²) < 4.78 is 30.6. The van der Waals surface area contributed by atoms with Gasteiger partial charge in [0.1, 0.15) is 107 Å². The Morgan fingerprint density at radius 3 is 1.02 bits per heavy atom. The molecule has 0 radical (unpaired) electrons. The quantitative estimate of drug-likeness (QED) is 0.107. The number of aromatic nitrogens is 12. The minimum absolute atomic E-state index is 1.03. The molecule has 12 aliphatic rings. The molecule has 0 atom stereocenters. The fourth-order valence-corrected chi connectivity index (χ4v) is 29.1. The van der Waals surface area contributed by atoms with Gasteiger partial charge in [-0.25, -0.2) is 27.4 Å². The molecule has 0 aliphatic carbocycles. The molecule has 24 aromatic rings. The lowest BCUT2D eigenvalue weighted by Crippen LogP contribution is -2.31. The summed E-state index contributed by atoms with van der Waals surface area (Å²) in [6, 6.07) is 69.1. The van der Waals surface area contributed by atoms with Gasteiger partial charge in [-0.05, 0) is 120 Å². The standard InChI is InChI=1S/6C20H17N2/c1-11-6-8-14-15-5-3-4-13-7-9-17-12(2)21-10-16(11)18(14)20(21)22(17)19(13)15;1-11-8-13-6-7-17-12(2)21-10-14-4-3-5-15-16(9-11)19(13)22(17)20(21)18(14)15;1-11-8-14-10-21-12(2)17-7-6-13-4-3-5-15-16(9-11)18(14)20(21)22(17)19(13)15;1-11-6-7-13-8-9-16-12(2)21-10-14-4-3-5-15-17(11)19(13)22(16)20(21)18(14)15;1-11-6-7-16-15-5-3-4-13-10-21-12(2)17-9-8-14(11)19(16)22(17)20(21)18(13)15;1-11-6-7-14-10-21-12(2)16-9-8-13-4-3-5-15-17(11)18(14)20(21)22(16)19(13)15/h3-6,8H,7,9-10H2,1-2H3;2*3-5,8-9H,6-7,10H2,1-2H3;3*3-7H,8-10H2,1-2H3/q6*+1. The highest BCUT2D eigenvalue weighted by Crippen LogP contribution is 2.48. The summed E-state index contributed by atoms with van der Waals surface area (Å²) in [6.07, 6.45) is 14.0. The zero-order valence-corrected chi connectivity index (χ0v) is 77.4. The van der Waals surface area contributed by atoms with Crippen molar-refractivity contribution in [3.05, 3.63) is 350 Å². The minimum Gasteiger partial charge on any atom is -0.222 e. The fraction of sp³-hybridized carbons (Fsp3) is 0.250. The predicted molar refractivity (Wildman–Crippen MR) is 532 cm³/mol. The fourth-order valence-electron chi connectivity index (χ4n) is 29.1. The number of hydrogen-bond acceptors (Lipinski definition) is 0. The molecule has 132 heavy (non-hydrogen) atoms. The summed E-state index contributed by atoms with van der Waals surface area (Å²) in [5, 5.41) is 26.1. The number of para-hydroxylation sites is 3. The molecule has 12 aromatic heterocycles. The second-order valence-electron chi connectivity index (χ2n) is 41.4. The number of aryl methyl sites for hydroxylation is 18. The number of hydrogen-bond donors (Lipinski definition) is 0. The van der Waals surface area contributed by atoms with Crippen molar-refractivity contribution in [2.75, 3.05) is 0 Å². The van der Waals surface area contributed by atoms with E-state index in [4.69, 9.17) is 0 Å². The van der Waals surface area contributed by atoms with Gasteiger partial charge in [0.05, 0.1) is 32.3 Å². The Bertz CT molecular complexity index is 9760. The molecule has 12 aliphatic heterocycles.